The first kappa shape index (κ1) is 14.0. The Morgan fingerprint density at radius 2 is 1.95 bits per heavy atom. The molecule has 1 fully saturated rings. The molecule has 8 heteroatoms. The maximum atomic E-state index is 12.5. The Hall–Kier alpha value is -1.41. The Bertz CT molecular complexity index is 566. The summed E-state index contributed by atoms with van der Waals surface area (Å²) >= 11 is 0. The van der Waals surface area contributed by atoms with Crippen LogP contribution in [0.2, 0.25) is 0 Å². The van der Waals surface area contributed by atoms with Crippen molar-refractivity contribution >= 4 is 16.0 Å². The average Bonchev–Trinajstić information content (AvgIpc) is 2.69. The topological polar surface area (TPSA) is 106 Å². The van der Waals surface area contributed by atoms with Crippen LogP contribution in [0, 0.1) is 19.8 Å². The van der Waals surface area contributed by atoms with Crippen LogP contribution in [-0.4, -0.2) is 42.0 Å². The van der Waals surface area contributed by atoms with Crippen molar-refractivity contribution < 1.29 is 18.3 Å². The van der Waals surface area contributed by atoms with Crippen LogP contribution in [0.3, 0.4) is 0 Å². The summed E-state index contributed by atoms with van der Waals surface area (Å²) in [4.78, 5) is 10.9. The molecule has 1 aromatic heterocycles. The van der Waals surface area contributed by atoms with E-state index in [4.69, 9.17) is 0 Å². The van der Waals surface area contributed by atoms with Gasteiger partial charge in [-0.1, -0.05) is 0 Å². The van der Waals surface area contributed by atoms with Crippen molar-refractivity contribution in [2.45, 2.75) is 31.6 Å². The number of carboxylic acid groups (broad SMARTS) is 1. The molecule has 1 aliphatic heterocycles. The van der Waals surface area contributed by atoms with Crippen molar-refractivity contribution in [2.24, 2.45) is 5.92 Å². The number of H-pyrrole nitrogens is 1. The number of rotatable bonds is 3. The largest absolute Gasteiger partial charge is 0.550 e. The van der Waals surface area contributed by atoms with Crippen molar-refractivity contribution in [3.05, 3.63) is 11.4 Å². The Kier molecular flexibility index (Phi) is 3.64. The minimum absolute atomic E-state index is 0.194. The fraction of sp³-hybridized carbons (Fsp3) is 0.636. The maximum absolute atomic E-state index is 12.5. The molecule has 2 heterocycles. The predicted molar refractivity (Wildman–Crippen MR) is 64.6 cm³/mol. The van der Waals surface area contributed by atoms with E-state index in [2.05, 4.69) is 10.2 Å². The molecule has 0 amide bonds. The average molecular weight is 286 g/mol. The van der Waals surface area contributed by atoms with Gasteiger partial charge in [0, 0.05) is 25.0 Å². The second-order valence-electron chi connectivity index (χ2n) is 4.76. The zero-order chi connectivity index (χ0) is 14.2. The van der Waals surface area contributed by atoms with Crippen molar-refractivity contribution in [2.75, 3.05) is 13.1 Å². The molecule has 0 radical (unpaired) electrons. The van der Waals surface area contributed by atoms with Gasteiger partial charge in [-0.25, -0.2) is 8.42 Å². The molecule has 0 unspecified atom stereocenters. The third-order valence-electron chi connectivity index (χ3n) is 3.45. The van der Waals surface area contributed by atoms with E-state index in [1.807, 2.05) is 0 Å². The van der Waals surface area contributed by atoms with E-state index >= 15 is 0 Å². The lowest BCUT2D eigenvalue weighted by molar-refractivity contribution is -0.312. The third kappa shape index (κ3) is 2.50. The highest BCUT2D eigenvalue weighted by Crippen LogP contribution is 2.26. The van der Waals surface area contributed by atoms with Gasteiger partial charge in [0.25, 0.3) is 0 Å². The van der Waals surface area contributed by atoms with E-state index in [9.17, 15) is 18.3 Å². The highest BCUT2D eigenvalue weighted by Gasteiger charge is 2.32. The highest BCUT2D eigenvalue weighted by molar-refractivity contribution is 7.89. The number of aryl methyl sites for hydroxylation is 2. The van der Waals surface area contributed by atoms with E-state index in [0.717, 1.165) is 0 Å². The number of sulfonamides is 1. The van der Waals surface area contributed by atoms with Crippen LogP contribution in [-0.2, 0) is 14.8 Å². The van der Waals surface area contributed by atoms with E-state index in [-0.39, 0.29) is 30.8 Å². The lowest BCUT2D eigenvalue weighted by Crippen LogP contribution is -2.43. The number of hydrogen-bond donors (Lipinski definition) is 1. The Morgan fingerprint density at radius 1 is 1.37 bits per heavy atom. The number of aromatic nitrogens is 2. The Balaban J connectivity index is 2.21. The van der Waals surface area contributed by atoms with Gasteiger partial charge in [0.1, 0.15) is 4.90 Å². The van der Waals surface area contributed by atoms with Gasteiger partial charge in [0.15, 0.2) is 0 Å². The van der Waals surface area contributed by atoms with Gasteiger partial charge in [-0.2, -0.15) is 9.40 Å². The normalized spacial score (nSPS) is 18.6. The number of carbonyl (C=O) groups is 1. The van der Waals surface area contributed by atoms with E-state index in [1.54, 1.807) is 13.8 Å². The van der Waals surface area contributed by atoms with Crippen LogP contribution in [0.1, 0.15) is 24.2 Å². The van der Waals surface area contributed by atoms with Crippen LogP contribution >= 0.6 is 0 Å². The molecule has 1 saturated heterocycles. The summed E-state index contributed by atoms with van der Waals surface area (Å²) in [6.45, 7) is 3.68. The molecule has 2 rings (SSSR count). The second-order valence-corrected chi connectivity index (χ2v) is 6.64. The van der Waals surface area contributed by atoms with Gasteiger partial charge in [-0.05, 0) is 26.7 Å². The zero-order valence-corrected chi connectivity index (χ0v) is 11.7. The molecule has 0 atom stereocenters. The van der Waals surface area contributed by atoms with Gasteiger partial charge in [0.2, 0.25) is 10.0 Å². The van der Waals surface area contributed by atoms with Gasteiger partial charge in [-0.15, -0.1) is 0 Å². The molecule has 0 saturated carbocycles. The molecule has 106 valence electrons. The lowest BCUT2D eigenvalue weighted by Gasteiger charge is -2.31. The minimum Gasteiger partial charge on any atom is -0.550 e. The molecular weight excluding hydrogens is 270 g/mol. The van der Waals surface area contributed by atoms with Crippen LogP contribution in [0.5, 0.6) is 0 Å². The number of aromatic amines is 1. The summed E-state index contributed by atoms with van der Waals surface area (Å²) in [5.41, 5.74) is 0.930. The molecular formula is C11H16N3O4S-. The lowest BCUT2D eigenvalue weighted by atomic mass is 9.99. The molecule has 1 aliphatic rings. The summed E-state index contributed by atoms with van der Waals surface area (Å²) in [7, 11) is -3.60. The maximum Gasteiger partial charge on any atom is 0.246 e. The van der Waals surface area contributed by atoms with E-state index in [0.29, 0.717) is 11.4 Å². The molecule has 0 aliphatic carbocycles. The van der Waals surface area contributed by atoms with Crippen LogP contribution < -0.4 is 5.11 Å². The van der Waals surface area contributed by atoms with Gasteiger partial charge < -0.3 is 9.90 Å². The number of carbonyl (C=O) groups excluding carboxylic acids is 1. The summed E-state index contributed by atoms with van der Waals surface area (Å²) in [6.07, 6.45) is 0.578. The first-order chi connectivity index (χ1) is 8.84. The van der Waals surface area contributed by atoms with Crippen molar-refractivity contribution in [1.82, 2.24) is 14.5 Å². The summed E-state index contributed by atoms with van der Waals surface area (Å²) in [5, 5.41) is 17.3. The minimum atomic E-state index is -3.60. The smallest absolute Gasteiger partial charge is 0.246 e. The van der Waals surface area contributed by atoms with Crippen molar-refractivity contribution in [1.29, 1.82) is 0 Å². The SMILES string of the molecule is Cc1n[nH]c(C)c1S(=O)(=O)N1CCC(C(=O)[O-])CC1. The number of hydrogen-bond acceptors (Lipinski definition) is 5. The van der Waals surface area contributed by atoms with Crippen LogP contribution in [0.4, 0.5) is 0 Å². The van der Waals surface area contributed by atoms with Gasteiger partial charge in [-0.3, -0.25) is 5.10 Å². The molecule has 1 aromatic rings. The zero-order valence-electron chi connectivity index (χ0n) is 10.8. The highest BCUT2D eigenvalue weighted by atomic mass is 32.2. The van der Waals surface area contributed by atoms with Gasteiger partial charge in [0.05, 0.1) is 11.4 Å². The fourth-order valence-electron chi connectivity index (χ4n) is 2.38. The Labute approximate surface area is 111 Å². The van der Waals surface area contributed by atoms with E-state index < -0.39 is 21.9 Å². The molecule has 7 nitrogen and oxygen atoms in total. The summed E-state index contributed by atoms with van der Waals surface area (Å²) in [6, 6.07) is 0. The van der Waals surface area contributed by atoms with Crippen molar-refractivity contribution in [3.8, 4) is 0 Å². The van der Waals surface area contributed by atoms with Crippen molar-refractivity contribution in [3.63, 3.8) is 0 Å². The number of piperidine rings is 1. The fourth-order valence-corrected chi connectivity index (χ4v) is 4.18. The molecule has 0 aromatic carbocycles. The second kappa shape index (κ2) is 4.93. The monoisotopic (exact) mass is 286 g/mol. The number of nitrogens with one attached hydrogen (secondary N) is 1. The molecule has 0 bridgehead atoms. The first-order valence-electron chi connectivity index (χ1n) is 6.06. The Morgan fingerprint density at radius 3 is 2.37 bits per heavy atom. The standard InChI is InChI=1S/C11H17N3O4S/c1-7-10(8(2)13-12-7)19(17,18)14-5-3-9(4-6-14)11(15)16/h9H,3-6H2,1-2H3,(H,12,13)(H,15,16)/p-1. The number of aliphatic carboxylic acids is 1. The first-order valence-corrected chi connectivity index (χ1v) is 7.50. The summed E-state index contributed by atoms with van der Waals surface area (Å²) < 4.78 is 26.3. The summed E-state index contributed by atoms with van der Waals surface area (Å²) in [5.74, 6) is -1.66. The number of carboxylic acids is 1. The quantitative estimate of drug-likeness (QED) is 0.781. The third-order valence-corrected chi connectivity index (χ3v) is 5.61. The molecule has 0 spiro atoms. The molecule has 1 N–H and O–H groups in total. The molecule has 19 heavy (non-hydrogen) atoms. The van der Waals surface area contributed by atoms with Gasteiger partial charge >= 0.3 is 0 Å². The predicted octanol–water partition coefficient (Wildman–Crippen LogP) is -0.823. The van der Waals surface area contributed by atoms with Crippen LogP contribution in [0.25, 0.3) is 0 Å². The van der Waals surface area contributed by atoms with E-state index in [1.165, 1.54) is 4.31 Å². The number of nitrogens with zero attached hydrogens (tertiary/aromatic N) is 2. The van der Waals surface area contributed by atoms with Crippen LogP contribution in [0.15, 0.2) is 4.90 Å².